The number of carbonyl (C=O) groups excluding carboxylic acids is 1. The zero-order valence-electron chi connectivity index (χ0n) is 13.9. The summed E-state index contributed by atoms with van der Waals surface area (Å²) in [5.74, 6) is 0.388. The zero-order chi connectivity index (χ0) is 17.1. The lowest BCUT2D eigenvalue weighted by Crippen LogP contribution is -2.50. The van der Waals surface area contributed by atoms with Crippen LogP contribution in [0.3, 0.4) is 0 Å². The maximum absolute atomic E-state index is 13.1. The number of fused-ring (bicyclic) bond motifs is 1. The zero-order valence-corrected chi connectivity index (χ0v) is 14.7. The minimum atomic E-state index is -0.305. The third-order valence-electron chi connectivity index (χ3n) is 5.74. The SMILES string of the molecule is Cc1c(O)cc2c(c1C)N(c1ccc(Cl)cc1)CC1(CCC1)C2=O. The van der Waals surface area contributed by atoms with Crippen molar-refractivity contribution in [2.24, 2.45) is 5.41 Å². The lowest BCUT2D eigenvalue weighted by molar-refractivity contribution is 0.0619. The predicted octanol–water partition coefficient (Wildman–Crippen LogP) is 5.17. The fourth-order valence-electron chi connectivity index (χ4n) is 3.98. The number of Topliss-reactive ketones (excluding diaryl/α,β-unsaturated/α-hetero) is 1. The highest BCUT2D eigenvalue weighted by Gasteiger charge is 2.50. The monoisotopic (exact) mass is 341 g/mol. The van der Waals surface area contributed by atoms with Gasteiger partial charge in [0.05, 0.1) is 11.1 Å². The van der Waals surface area contributed by atoms with E-state index in [2.05, 4.69) is 4.90 Å². The van der Waals surface area contributed by atoms with Crippen molar-refractivity contribution in [3.8, 4) is 5.75 Å². The van der Waals surface area contributed by atoms with Gasteiger partial charge in [-0.15, -0.1) is 0 Å². The Morgan fingerprint density at radius 2 is 1.79 bits per heavy atom. The minimum absolute atomic E-state index is 0.187. The Morgan fingerprint density at radius 3 is 2.38 bits per heavy atom. The number of phenols is 1. The number of aromatic hydroxyl groups is 1. The Bertz CT molecular complexity index is 838. The molecule has 2 aromatic rings. The minimum Gasteiger partial charge on any atom is -0.508 e. The number of halogens is 1. The van der Waals surface area contributed by atoms with Crippen molar-refractivity contribution < 1.29 is 9.90 Å². The molecule has 3 nitrogen and oxygen atoms in total. The summed E-state index contributed by atoms with van der Waals surface area (Å²) in [6, 6.07) is 9.40. The van der Waals surface area contributed by atoms with Gasteiger partial charge >= 0.3 is 0 Å². The average molecular weight is 342 g/mol. The molecule has 124 valence electrons. The fourth-order valence-corrected chi connectivity index (χ4v) is 4.10. The normalized spacial score (nSPS) is 18.5. The molecule has 1 N–H and O–H groups in total. The summed E-state index contributed by atoms with van der Waals surface area (Å²) >= 11 is 6.04. The highest BCUT2D eigenvalue weighted by Crippen LogP contribution is 2.52. The maximum atomic E-state index is 13.1. The van der Waals surface area contributed by atoms with Crippen molar-refractivity contribution in [2.45, 2.75) is 33.1 Å². The van der Waals surface area contributed by atoms with Crippen molar-refractivity contribution in [3.63, 3.8) is 0 Å². The second-order valence-electron chi connectivity index (χ2n) is 7.07. The van der Waals surface area contributed by atoms with Crippen LogP contribution in [0.2, 0.25) is 5.02 Å². The van der Waals surface area contributed by atoms with Gasteiger partial charge in [0.25, 0.3) is 0 Å². The molecule has 0 aromatic heterocycles. The molecule has 1 spiro atoms. The van der Waals surface area contributed by atoms with E-state index in [9.17, 15) is 9.90 Å². The van der Waals surface area contributed by atoms with Crippen LogP contribution in [0, 0.1) is 19.3 Å². The number of phenolic OH excluding ortho intramolecular Hbond substituents is 1. The third kappa shape index (κ3) is 2.07. The fraction of sp³-hybridized carbons (Fsp3) is 0.350. The second kappa shape index (κ2) is 5.25. The summed E-state index contributed by atoms with van der Waals surface area (Å²) in [5.41, 5.74) is 4.09. The molecule has 0 bridgehead atoms. The average Bonchev–Trinajstić information content (AvgIpc) is 2.53. The third-order valence-corrected chi connectivity index (χ3v) is 6.00. The number of hydrogen-bond acceptors (Lipinski definition) is 3. The van der Waals surface area contributed by atoms with Crippen LogP contribution < -0.4 is 4.90 Å². The van der Waals surface area contributed by atoms with E-state index in [0.29, 0.717) is 17.1 Å². The first kappa shape index (κ1) is 15.5. The van der Waals surface area contributed by atoms with Crippen LogP contribution in [0.15, 0.2) is 30.3 Å². The quantitative estimate of drug-likeness (QED) is 0.778. The van der Waals surface area contributed by atoms with Gasteiger partial charge in [0.1, 0.15) is 5.75 Å². The van der Waals surface area contributed by atoms with Crippen LogP contribution in [-0.2, 0) is 0 Å². The van der Waals surface area contributed by atoms with E-state index in [4.69, 9.17) is 11.6 Å². The number of benzene rings is 2. The summed E-state index contributed by atoms with van der Waals surface area (Å²) in [6.07, 6.45) is 2.93. The second-order valence-corrected chi connectivity index (χ2v) is 7.50. The molecule has 4 rings (SSSR count). The Kier molecular flexibility index (Phi) is 3.40. The van der Waals surface area contributed by atoms with Crippen molar-refractivity contribution in [1.82, 2.24) is 0 Å². The van der Waals surface area contributed by atoms with Gasteiger partial charge in [0, 0.05) is 22.8 Å². The first-order chi connectivity index (χ1) is 11.4. The molecule has 4 heteroatoms. The number of hydrogen-bond donors (Lipinski definition) is 1. The molecule has 0 amide bonds. The standard InChI is InChI=1S/C20H20ClNO2/c1-12-13(2)18-16(10-17(12)23)19(24)20(8-3-9-20)11-22(18)15-6-4-14(21)5-7-15/h4-7,10,23H,3,8-9,11H2,1-2H3. The van der Waals surface area contributed by atoms with Crippen LogP contribution in [0.1, 0.15) is 40.7 Å². The molecule has 0 saturated heterocycles. The van der Waals surface area contributed by atoms with Crippen molar-refractivity contribution in [3.05, 3.63) is 52.0 Å². The van der Waals surface area contributed by atoms with E-state index in [1.54, 1.807) is 6.07 Å². The molecule has 1 aliphatic carbocycles. The Morgan fingerprint density at radius 1 is 1.12 bits per heavy atom. The van der Waals surface area contributed by atoms with E-state index >= 15 is 0 Å². The van der Waals surface area contributed by atoms with Crippen molar-refractivity contribution in [2.75, 3.05) is 11.4 Å². The molecular weight excluding hydrogens is 322 g/mol. The lowest BCUT2D eigenvalue weighted by atomic mass is 9.62. The Labute approximate surface area is 146 Å². The summed E-state index contributed by atoms with van der Waals surface area (Å²) in [6.45, 7) is 4.57. The molecule has 1 aliphatic heterocycles. The maximum Gasteiger partial charge on any atom is 0.173 e. The molecule has 1 heterocycles. The molecule has 24 heavy (non-hydrogen) atoms. The number of anilines is 2. The van der Waals surface area contributed by atoms with Gasteiger partial charge in [0.15, 0.2) is 5.78 Å². The van der Waals surface area contributed by atoms with E-state index < -0.39 is 0 Å². The van der Waals surface area contributed by atoms with Crippen LogP contribution in [-0.4, -0.2) is 17.4 Å². The first-order valence-corrected chi connectivity index (χ1v) is 8.72. The summed E-state index contributed by atoms with van der Waals surface area (Å²) in [4.78, 5) is 15.3. The van der Waals surface area contributed by atoms with Gasteiger partial charge in [-0.2, -0.15) is 0 Å². The molecule has 0 unspecified atom stereocenters. The largest absolute Gasteiger partial charge is 0.508 e. The molecule has 1 saturated carbocycles. The number of rotatable bonds is 1. The van der Waals surface area contributed by atoms with Crippen LogP contribution in [0.4, 0.5) is 11.4 Å². The van der Waals surface area contributed by atoms with Gasteiger partial charge in [-0.3, -0.25) is 4.79 Å². The smallest absolute Gasteiger partial charge is 0.173 e. The Balaban J connectivity index is 1.95. The van der Waals surface area contributed by atoms with Crippen LogP contribution in [0.25, 0.3) is 0 Å². The van der Waals surface area contributed by atoms with E-state index in [-0.39, 0.29) is 16.9 Å². The molecule has 2 aromatic carbocycles. The van der Waals surface area contributed by atoms with Gasteiger partial charge in [-0.05, 0) is 68.1 Å². The lowest BCUT2D eigenvalue weighted by Gasteiger charge is -2.49. The molecule has 1 fully saturated rings. The Hall–Kier alpha value is -2.00. The van der Waals surface area contributed by atoms with Crippen LogP contribution >= 0.6 is 11.6 Å². The number of ketones is 1. The first-order valence-electron chi connectivity index (χ1n) is 8.34. The highest BCUT2D eigenvalue weighted by molar-refractivity contribution is 6.30. The highest BCUT2D eigenvalue weighted by atomic mass is 35.5. The van der Waals surface area contributed by atoms with Gasteiger partial charge in [-0.25, -0.2) is 0 Å². The summed E-state index contributed by atoms with van der Waals surface area (Å²) < 4.78 is 0. The summed E-state index contributed by atoms with van der Waals surface area (Å²) in [5, 5.41) is 10.9. The van der Waals surface area contributed by atoms with Gasteiger partial charge in [0.2, 0.25) is 0 Å². The molecular formula is C20H20ClNO2. The van der Waals surface area contributed by atoms with E-state index in [1.807, 2.05) is 38.1 Å². The van der Waals surface area contributed by atoms with E-state index in [0.717, 1.165) is 41.8 Å². The molecule has 2 aliphatic rings. The number of nitrogens with zero attached hydrogens (tertiary/aromatic N) is 1. The van der Waals surface area contributed by atoms with Crippen molar-refractivity contribution >= 4 is 28.8 Å². The summed E-state index contributed by atoms with van der Waals surface area (Å²) in [7, 11) is 0. The predicted molar refractivity (Wildman–Crippen MR) is 96.7 cm³/mol. The molecule has 0 atom stereocenters. The topological polar surface area (TPSA) is 40.5 Å². The van der Waals surface area contributed by atoms with Gasteiger partial charge < -0.3 is 10.0 Å². The molecule has 0 radical (unpaired) electrons. The van der Waals surface area contributed by atoms with Crippen molar-refractivity contribution in [1.29, 1.82) is 0 Å². The number of carbonyl (C=O) groups is 1. The van der Waals surface area contributed by atoms with Gasteiger partial charge in [-0.1, -0.05) is 18.0 Å². The van der Waals surface area contributed by atoms with Crippen LogP contribution in [0.5, 0.6) is 5.75 Å². The van der Waals surface area contributed by atoms with E-state index in [1.165, 1.54) is 0 Å².